The molecule has 3 saturated carbocycles. The normalized spacial score (nSPS) is 43.7. The van der Waals surface area contributed by atoms with Crippen LogP contribution in [0.5, 0.6) is 0 Å². The number of alkyl halides is 2. The average molecular weight is 612 g/mol. The zero-order chi connectivity index (χ0) is 30.7. The number of aliphatic hydroxyl groups excluding tert-OH is 1. The third kappa shape index (κ3) is 4.59. The molecule has 1 heterocycles. The number of amides is 1. The first-order chi connectivity index (χ1) is 19.7. The highest BCUT2D eigenvalue weighted by Crippen LogP contribution is 2.72. The van der Waals surface area contributed by atoms with Crippen LogP contribution in [0.4, 0.5) is 13.6 Å². The van der Waals surface area contributed by atoms with Gasteiger partial charge in [0.15, 0.2) is 29.9 Å². The number of carbonyl (C=O) groups is 3. The van der Waals surface area contributed by atoms with Gasteiger partial charge in [0.05, 0.1) is 12.2 Å². The molecule has 0 aromatic heterocycles. The van der Waals surface area contributed by atoms with Gasteiger partial charge < -0.3 is 24.6 Å². The van der Waals surface area contributed by atoms with Crippen molar-refractivity contribution in [1.82, 2.24) is 5.32 Å². The fourth-order valence-corrected chi connectivity index (χ4v) is 9.31. The number of thioether (sulfide) groups is 1. The maximum Gasteiger partial charge on any atom is 0.407 e. The van der Waals surface area contributed by atoms with Crippen LogP contribution in [0.3, 0.4) is 0 Å². The molecule has 5 rings (SSSR count). The Kier molecular flexibility index (Phi) is 8.48. The van der Waals surface area contributed by atoms with Gasteiger partial charge in [-0.05, 0) is 61.5 Å². The van der Waals surface area contributed by atoms with Gasteiger partial charge in [-0.25, -0.2) is 13.6 Å². The van der Waals surface area contributed by atoms with Crippen LogP contribution in [0.2, 0.25) is 0 Å². The summed E-state index contributed by atoms with van der Waals surface area (Å²) in [5.74, 6) is -1.78. The quantitative estimate of drug-likeness (QED) is 0.363. The summed E-state index contributed by atoms with van der Waals surface area (Å²) in [6.07, 6.45) is -0.460. The molecule has 1 unspecified atom stereocenters. The topological polar surface area (TPSA) is 111 Å². The Labute approximate surface area is 250 Å². The summed E-state index contributed by atoms with van der Waals surface area (Å²) < 4.78 is 51.3. The zero-order valence-corrected chi connectivity index (χ0v) is 25.8. The molecule has 1 aliphatic heterocycles. The molecular formula is C31H43F2NO7S. The van der Waals surface area contributed by atoms with E-state index in [9.17, 15) is 19.5 Å². The van der Waals surface area contributed by atoms with Crippen LogP contribution in [0, 0.1) is 22.7 Å². The van der Waals surface area contributed by atoms with E-state index in [4.69, 9.17) is 14.2 Å². The highest BCUT2D eigenvalue weighted by atomic mass is 32.2. The van der Waals surface area contributed by atoms with Gasteiger partial charge in [0.1, 0.15) is 6.17 Å². The first-order valence-electron chi connectivity index (χ1n) is 15.1. The number of Topliss-reactive ketones (excluding diaryl/α,β-unsaturated/α-hetero) is 1. The van der Waals surface area contributed by atoms with Crippen LogP contribution < -0.4 is 5.32 Å². The summed E-state index contributed by atoms with van der Waals surface area (Å²) in [6, 6.07) is 0. The summed E-state index contributed by atoms with van der Waals surface area (Å²) in [6.45, 7) is 9.22. The van der Waals surface area contributed by atoms with Crippen LogP contribution in [-0.2, 0) is 23.8 Å². The number of fused-ring (bicyclic) bond motifs is 7. The number of hydrogen-bond acceptors (Lipinski definition) is 8. The largest absolute Gasteiger partial charge is 0.441 e. The maximum atomic E-state index is 17.5. The monoisotopic (exact) mass is 611 g/mol. The van der Waals surface area contributed by atoms with Gasteiger partial charge in [-0.3, -0.25) is 9.59 Å². The summed E-state index contributed by atoms with van der Waals surface area (Å²) in [5, 5.41) is 14.7. The van der Waals surface area contributed by atoms with Gasteiger partial charge in [0.25, 0.3) is 0 Å². The molecule has 11 heteroatoms. The number of allylic oxidation sites excluding steroid dienone is 4. The van der Waals surface area contributed by atoms with E-state index in [1.54, 1.807) is 25.6 Å². The van der Waals surface area contributed by atoms with Crippen molar-refractivity contribution in [2.45, 2.75) is 108 Å². The third-order valence-corrected chi connectivity index (χ3v) is 11.6. The van der Waals surface area contributed by atoms with Crippen molar-refractivity contribution >= 4 is 29.4 Å². The molecule has 0 bridgehead atoms. The smallest absolute Gasteiger partial charge is 0.407 e. The molecule has 234 valence electrons. The van der Waals surface area contributed by atoms with E-state index in [1.807, 2.05) is 6.92 Å². The van der Waals surface area contributed by atoms with Crippen molar-refractivity contribution in [2.24, 2.45) is 22.7 Å². The number of ether oxygens (including phenoxy) is 3. The summed E-state index contributed by atoms with van der Waals surface area (Å²) in [4.78, 5) is 38.6. The molecule has 1 amide bonds. The Balaban J connectivity index is 1.44. The number of halogens is 2. The van der Waals surface area contributed by atoms with E-state index >= 15 is 8.78 Å². The molecule has 4 aliphatic carbocycles. The van der Waals surface area contributed by atoms with Gasteiger partial charge in [-0.1, -0.05) is 40.2 Å². The summed E-state index contributed by atoms with van der Waals surface area (Å²) in [7, 11) is 0. The van der Waals surface area contributed by atoms with Crippen molar-refractivity contribution in [3.8, 4) is 0 Å². The van der Waals surface area contributed by atoms with Crippen molar-refractivity contribution < 1.29 is 42.5 Å². The van der Waals surface area contributed by atoms with E-state index in [2.05, 4.69) is 19.2 Å². The average Bonchev–Trinajstić information content (AvgIpc) is 3.40. The molecule has 0 spiro atoms. The molecule has 2 N–H and O–H groups in total. The van der Waals surface area contributed by atoms with E-state index in [0.717, 1.165) is 12.5 Å². The van der Waals surface area contributed by atoms with Crippen molar-refractivity contribution in [2.75, 3.05) is 18.9 Å². The first kappa shape index (κ1) is 31.6. The number of ketones is 2. The van der Waals surface area contributed by atoms with Crippen molar-refractivity contribution in [1.29, 1.82) is 0 Å². The van der Waals surface area contributed by atoms with E-state index in [-0.39, 0.29) is 24.8 Å². The SMILES string of the molecule is CCCC1O[C@@H]2C[C@H]3[C@@H]4C[C@H](F)C5=CC(=O)C=C[C@]5(C)[C@@]4(F)[C@@H](O)C[C@]3(C)[C@]2(C(=O)COC(=O)NCCSC(C)C)O1. The lowest BCUT2D eigenvalue weighted by atomic mass is 9.44. The molecular weight excluding hydrogens is 568 g/mol. The lowest BCUT2D eigenvalue weighted by molar-refractivity contribution is -0.234. The number of aliphatic hydroxyl groups is 1. The Morgan fingerprint density at radius 2 is 2.00 bits per heavy atom. The Morgan fingerprint density at radius 3 is 2.69 bits per heavy atom. The molecule has 10 atom stereocenters. The minimum absolute atomic E-state index is 0.0436. The van der Waals surface area contributed by atoms with Gasteiger partial charge in [-0.2, -0.15) is 11.8 Å². The Hall–Kier alpha value is -1.82. The van der Waals surface area contributed by atoms with Crippen LogP contribution in [-0.4, -0.2) is 82.9 Å². The van der Waals surface area contributed by atoms with Crippen LogP contribution >= 0.6 is 11.8 Å². The van der Waals surface area contributed by atoms with Crippen molar-refractivity contribution in [3.05, 3.63) is 23.8 Å². The maximum absolute atomic E-state index is 17.5. The lowest BCUT2D eigenvalue weighted by Gasteiger charge is -2.63. The van der Waals surface area contributed by atoms with E-state index in [1.165, 1.54) is 12.2 Å². The standard InChI is InChI=1S/C31H43F2NO7S/c1-6-7-26-40-25-14-19-20-13-22(32)21-12-18(35)8-9-28(21,4)30(20,33)23(36)15-29(19,5)31(25,41-26)24(37)16-39-27(38)34-10-11-42-17(2)3/h8-9,12,17,19-20,22-23,25-26,36H,6-7,10-11,13-16H2,1-5H3,(H,34,38)/t19-,20-,22-,23-,25+,26?,28-,29-,30-,31+/m0/s1. The van der Waals surface area contributed by atoms with Crippen molar-refractivity contribution in [3.63, 3.8) is 0 Å². The van der Waals surface area contributed by atoms with Gasteiger partial charge >= 0.3 is 6.09 Å². The first-order valence-corrected chi connectivity index (χ1v) is 16.1. The zero-order valence-electron chi connectivity index (χ0n) is 25.0. The Morgan fingerprint density at radius 1 is 1.26 bits per heavy atom. The molecule has 8 nitrogen and oxygen atoms in total. The highest BCUT2D eigenvalue weighted by Gasteiger charge is 2.80. The summed E-state index contributed by atoms with van der Waals surface area (Å²) in [5.41, 5.74) is -6.49. The fourth-order valence-electron chi connectivity index (χ4n) is 8.62. The fraction of sp³-hybridized carbons (Fsp3) is 0.774. The second-order valence-corrected chi connectivity index (χ2v) is 14.8. The number of alkyl carbamates (subject to hydrolysis) is 1. The minimum atomic E-state index is -2.28. The molecule has 42 heavy (non-hydrogen) atoms. The van der Waals surface area contributed by atoms with Crippen LogP contribution in [0.25, 0.3) is 0 Å². The number of hydrogen-bond donors (Lipinski definition) is 2. The van der Waals surface area contributed by atoms with Crippen LogP contribution in [0.15, 0.2) is 23.8 Å². The lowest BCUT2D eigenvalue weighted by Crippen LogP contribution is -2.71. The highest BCUT2D eigenvalue weighted by molar-refractivity contribution is 7.99. The number of carbonyl (C=O) groups excluding carboxylic acids is 3. The number of nitrogens with one attached hydrogen (secondary N) is 1. The Bertz CT molecular complexity index is 1180. The third-order valence-electron chi connectivity index (χ3n) is 10.5. The predicted octanol–water partition coefficient (Wildman–Crippen LogP) is 4.63. The minimum Gasteiger partial charge on any atom is -0.441 e. The van der Waals surface area contributed by atoms with Gasteiger partial charge in [0.2, 0.25) is 5.78 Å². The van der Waals surface area contributed by atoms with Gasteiger partial charge in [0, 0.05) is 29.0 Å². The van der Waals surface area contributed by atoms with E-state index in [0.29, 0.717) is 24.0 Å². The summed E-state index contributed by atoms with van der Waals surface area (Å²) >= 11 is 1.68. The molecule has 0 aromatic rings. The van der Waals surface area contributed by atoms with Gasteiger partial charge in [-0.15, -0.1) is 0 Å². The van der Waals surface area contributed by atoms with E-state index < -0.39 is 82.9 Å². The molecule has 0 aromatic carbocycles. The molecule has 5 aliphatic rings. The second-order valence-electron chi connectivity index (χ2n) is 13.1. The van der Waals surface area contributed by atoms with Crippen LogP contribution in [0.1, 0.15) is 66.7 Å². The number of rotatable bonds is 9. The predicted molar refractivity (Wildman–Crippen MR) is 153 cm³/mol. The molecule has 4 fully saturated rings. The molecule has 1 saturated heterocycles. The second kappa shape index (κ2) is 11.3. The molecule has 0 radical (unpaired) electrons.